The first kappa shape index (κ1) is 14.8. The first-order valence-corrected chi connectivity index (χ1v) is 5.72. The second-order valence-electron chi connectivity index (χ2n) is 4.19. The van der Waals surface area contributed by atoms with Crippen LogP contribution < -0.4 is 5.32 Å². The number of hydrogen-bond acceptors (Lipinski definition) is 4. The largest absolute Gasteiger partial charge is 0.355 e. The fourth-order valence-corrected chi connectivity index (χ4v) is 1.80. The molecule has 0 aromatic heterocycles. The Hall–Kier alpha value is -2.30. The zero-order valence-corrected chi connectivity index (χ0v) is 11.3. The minimum absolute atomic E-state index is 0.102. The number of benzene rings is 1. The molecule has 5 heteroatoms. The van der Waals surface area contributed by atoms with Crippen molar-refractivity contribution in [3.63, 3.8) is 0 Å². The molecule has 1 aromatic rings. The summed E-state index contributed by atoms with van der Waals surface area (Å²) in [6.45, 7) is 3.92. The van der Waals surface area contributed by atoms with Crippen molar-refractivity contribution >= 4 is 23.3 Å². The topological polar surface area (TPSA) is 80.3 Å². The number of nitrogens with one attached hydrogen (secondary N) is 1. The van der Waals surface area contributed by atoms with Crippen molar-refractivity contribution < 1.29 is 19.2 Å². The Bertz CT molecular complexity index is 587. The van der Waals surface area contributed by atoms with Crippen LogP contribution in [-0.4, -0.2) is 30.3 Å². The van der Waals surface area contributed by atoms with Crippen molar-refractivity contribution in [3.05, 3.63) is 34.4 Å². The molecule has 5 nitrogen and oxygen atoms in total. The zero-order chi connectivity index (χ0) is 14.7. The molecule has 0 unspecified atom stereocenters. The highest BCUT2D eigenvalue weighted by Gasteiger charge is 2.20. The number of carbonyl (C=O) groups is 4. The Balaban J connectivity index is 3.69. The van der Waals surface area contributed by atoms with E-state index in [1.807, 2.05) is 0 Å². The van der Waals surface area contributed by atoms with Crippen molar-refractivity contribution in [2.45, 2.75) is 20.8 Å². The number of Topliss-reactive ketones (excluding diaryl/α,β-unsaturated/α-hetero) is 3. The summed E-state index contributed by atoms with van der Waals surface area (Å²) in [6.07, 6.45) is 0. The van der Waals surface area contributed by atoms with Gasteiger partial charge in [-0.3, -0.25) is 19.2 Å². The predicted octanol–water partition coefficient (Wildman–Crippen LogP) is 1.65. The van der Waals surface area contributed by atoms with E-state index in [1.165, 1.54) is 40.0 Å². The van der Waals surface area contributed by atoms with Gasteiger partial charge in [0, 0.05) is 23.7 Å². The fourth-order valence-electron chi connectivity index (χ4n) is 1.80. The van der Waals surface area contributed by atoms with Gasteiger partial charge in [-0.2, -0.15) is 0 Å². The fraction of sp³-hybridized carbons (Fsp3) is 0.286. The van der Waals surface area contributed by atoms with E-state index in [0.29, 0.717) is 0 Å². The molecule has 0 fully saturated rings. The van der Waals surface area contributed by atoms with Gasteiger partial charge in [0.1, 0.15) is 0 Å². The van der Waals surface area contributed by atoms with E-state index in [4.69, 9.17) is 0 Å². The average Bonchev–Trinajstić information content (AvgIpc) is 2.35. The molecule has 1 amide bonds. The number of ketones is 3. The van der Waals surface area contributed by atoms with E-state index in [-0.39, 0.29) is 39.6 Å². The van der Waals surface area contributed by atoms with Gasteiger partial charge in [0.2, 0.25) is 0 Å². The van der Waals surface area contributed by atoms with Crippen LogP contribution in [0.15, 0.2) is 12.1 Å². The summed E-state index contributed by atoms with van der Waals surface area (Å²) < 4.78 is 0. The molecule has 0 saturated carbocycles. The number of hydrogen-bond donors (Lipinski definition) is 1. The summed E-state index contributed by atoms with van der Waals surface area (Å²) in [5, 5.41) is 2.40. The second-order valence-corrected chi connectivity index (χ2v) is 4.19. The van der Waals surface area contributed by atoms with Crippen molar-refractivity contribution in [1.29, 1.82) is 0 Å². The highest BCUT2D eigenvalue weighted by molar-refractivity contribution is 6.14. The van der Waals surface area contributed by atoms with Crippen molar-refractivity contribution in [2.75, 3.05) is 7.05 Å². The maximum absolute atomic E-state index is 11.7. The van der Waals surface area contributed by atoms with Gasteiger partial charge in [-0.05, 0) is 32.9 Å². The predicted molar refractivity (Wildman–Crippen MR) is 69.8 cm³/mol. The summed E-state index contributed by atoms with van der Waals surface area (Å²) in [4.78, 5) is 46.4. The van der Waals surface area contributed by atoms with Crippen LogP contribution in [0.25, 0.3) is 0 Å². The molecule has 19 heavy (non-hydrogen) atoms. The van der Waals surface area contributed by atoms with Crippen LogP contribution in [-0.2, 0) is 0 Å². The third kappa shape index (κ3) is 2.93. The molecule has 0 spiro atoms. The third-order valence-electron chi connectivity index (χ3n) is 2.77. The minimum Gasteiger partial charge on any atom is -0.355 e. The molecule has 1 aromatic carbocycles. The average molecular weight is 261 g/mol. The van der Waals surface area contributed by atoms with Crippen LogP contribution in [0.5, 0.6) is 0 Å². The second kappa shape index (κ2) is 5.56. The lowest BCUT2D eigenvalue weighted by Crippen LogP contribution is -2.22. The highest BCUT2D eigenvalue weighted by atomic mass is 16.2. The Kier molecular flexibility index (Phi) is 4.32. The molecule has 100 valence electrons. The van der Waals surface area contributed by atoms with Gasteiger partial charge < -0.3 is 5.32 Å². The summed E-state index contributed by atoms with van der Waals surface area (Å²) in [5.74, 6) is -1.46. The summed E-state index contributed by atoms with van der Waals surface area (Å²) in [5.41, 5.74) is 0.543. The number of carbonyl (C=O) groups excluding carboxylic acids is 4. The van der Waals surface area contributed by atoms with Gasteiger partial charge in [0.25, 0.3) is 5.91 Å². The van der Waals surface area contributed by atoms with E-state index < -0.39 is 5.91 Å². The van der Waals surface area contributed by atoms with Gasteiger partial charge in [0.15, 0.2) is 17.3 Å². The molecule has 0 bridgehead atoms. The third-order valence-corrected chi connectivity index (χ3v) is 2.77. The molecular weight excluding hydrogens is 246 g/mol. The molecule has 0 saturated heterocycles. The first-order chi connectivity index (χ1) is 8.79. The minimum atomic E-state index is -0.470. The lowest BCUT2D eigenvalue weighted by atomic mass is 9.92. The normalized spacial score (nSPS) is 9.89. The summed E-state index contributed by atoms with van der Waals surface area (Å²) in [6, 6.07) is 2.61. The summed E-state index contributed by atoms with van der Waals surface area (Å²) >= 11 is 0. The van der Waals surface area contributed by atoms with E-state index in [2.05, 4.69) is 5.32 Å². The van der Waals surface area contributed by atoms with Crippen molar-refractivity contribution in [3.8, 4) is 0 Å². The molecule has 0 aliphatic heterocycles. The summed E-state index contributed by atoms with van der Waals surface area (Å²) in [7, 11) is 1.43. The molecule has 1 rings (SSSR count). The smallest absolute Gasteiger partial charge is 0.251 e. The lowest BCUT2D eigenvalue weighted by Gasteiger charge is -2.11. The lowest BCUT2D eigenvalue weighted by molar-refractivity contribution is 0.0943. The van der Waals surface area contributed by atoms with Gasteiger partial charge in [0.05, 0.1) is 5.56 Å². The van der Waals surface area contributed by atoms with Crippen LogP contribution in [0, 0.1) is 0 Å². The number of rotatable bonds is 4. The molecular formula is C14H15NO4. The van der Waals surface area contributed by atoms with Gasteiger partial charge in [-0.25, -0.2) is 0 Å². The quantitative estimate of drug-likeness (QED) is 0.836. The van der Waals surface area contributed by atoms with E-state index >= 15 is 0 Å². The van der Waals surface area contributed by atoms with Crippen LogP contribution in [0.3, 0.4) is 0 Å². The van der Waals surface area contributed by atoms with E-state index in [1.54, 1.807) is 0 Å². The zero-order valence-electron chi connectivity index (χ0n) is 11.3. The molecule has 0 atom stereocenters. The van der Waals surface area contributed by atoms with Crippen molar-refractivity contribution in [2.24, 2.45) is 0 Å². The van der Waals surface area contributed by atoms with Crippen LogP contribution in [0.1, 0.15) is 62.2 Å². The molecule has 0 radical (unpaired) electrons. The van der Waals surface area contributed by atoms with E-state index in [9.17, 15) is 19.2 Å². The van der Waals surface area contributed by atoms with Gasteiger partial charge >= 0.3 is 0 Å². The number of amides is 1. The van der Waals surface area contributed by atoms with E-state index in [0.717, 1.165) is 0 Å². The monoisotopic (exact) mass is 261 g/mol. The highest BCUT2D eigenvalue weighted by Crippen LogP contribution is 2.19. The Morgan fingerprint density at radius 1 is 0.737 bits per heavy atom. The first-order valence-electron chi connectivity index (χ1n) is 5.72. The van der Waals surface area contributed by atoms with Gasteiger partial charge in [-0.15, -0.1) is 0 Å². The Morgan fingerprint density at radius 2 is 1.05 bits per heavy atom. The maximum Gasteiger partial charge on any atom is 0.251 e. The molecule has 1 N–H and O–H groups in total. The molecule has 0 heterocycles. The van der Waals surface area contributed by atoms with Crippen LogP contribution in [0.2, 0.25) is 0 Å². The maximum atomic E-state index is 11.7. The molecule has 0 aliphatic rings. The van der Waals surface area contributed by atoms with Crippen molar-refractivity contribution in [1.82, 2.24) is 5.32 Å². The Labute approximate surface area is 111 Å². The van der Waals surface area contributed by atoms with Crippen LogP contribution in [0.4, 0.5) is 0 Å². The SMILES string of the molecule is CNC(=O)c1cc(C(C)=O)c(C(C)=O)cc1C(C)=O. The van der Waals surface area contributed by atoms with Crippen LogP contribution >= 0.6 is 0 Å². The molecule has 0 aliphatic carbocycles. The Morgan fingerprint density at radius 3 is 1.37 bits per heavy atom. The van der Waals surface area contributed by atoms with Gasteiger partial charge in [-0.1, -0.05) is 0 Å². The standard InChI is InChI=1S/C14H15NO4/c1-7(16)10-5-12(9(3)18)13(14(19)15-4)6-11(10)8(2)17/h5-6H,1-4H3,(H,15,19).